The maximum absolute atomic E-state index is 13.4. The van der Waals surface area contributed by atoms with Gasteiger partial charge in [-0.3, -0.25) is 8.63 Å². The molecule has 0 bridgehead atoms. The molecule has 2 heterocycles. The third kappa shape index (κ3) is 6.02. The van der Waals surface area contributed by atoms with Gasteiger partial charge in [-0.15, -0.1) is 0 Å². The average Bonchev–Trinajstić information content (AvgIpc) is 3.48. The predicted octanol–water partition coefficient (Wildman–Crippen LogP) is 6.15. The van der Waals surface area contributed by atoms with E-state index in [1.807, 2.05) is 49.4 Å². The average molecular weight is 475 g/mol. The van der Waals surface area contributed by atoms with Crippen molar-refractivity contribution in [3.05, 3.63) is 113 Å². The normalized spacial score (nSPS) is 14.8. The van der Waals surface area contributed by atoms with E-state index in [-0.39, 0.29) is 5.82 Å². The van der Waals surface area contributed by atoms with Gasteiger partial charge in [0.15, 0.2) is 0 Å². The third-order valence-electron chi connectivity index (χ3n) is 5.60. The van der Waals surface area contributed by atoms with E-state index < -0.39 is 7.40 Å². The molecule has 4 rings (SSSR count). The molecule has 35 heavy (non-hydrogen) atoms. The van der Waals surface area contributed by atoms with Crippen molar-refractivity contribution in [2.75, 3.05) is 6.54 Å². The van der Waals surface area contributed by atoms with Crippen LogP contribution in [0.4, 0.5) is 13.0 Å². The molecule has 2 aromatic carbocycles. The number of nitrogens with two attached hydrogens (primary N) is 1. The predicted molar refractivity (Wildman–Crippen MR) is 136 cm³/mol. The van der Waals surface area contributed by atoms with Crippen LogP contribution >= 0.6 is 0 Å². The Morgan fingerprint density at radius 3 is 2.49 bits per heavy atom. The van der Waals surface area contributed by atoms with Gasteiger partial charge in [0.05, 0.1) is 11.4 Å². The summed E-state index contributed by atoms with van der Waals surface area (Å²) in [6, 6.07) is 17.0. The maximum Gasteiger partial charge on any atom is 0.677 e. The van der Waals surface area contributed by atoms with Gasteiger partial charge in [-0.05, 0) is 91.3 Å². The summed E-state index contributed by atoms with van der Waals surface area (Å²) in [7, 11) is -2.63. The molecule has 2 N–H and O–H groups in total. The highest BCUT2D eigenvalue weighted by atomic mass is 19.2. The molecule has 0 aliphatic carbocycles. The van der Waals surface area contributed by atoms with E-state index in [0.29, 0.717) is 42.3 Å². The standard InChI is InChI=1S/C27H25BF3N3O/c1-19-17-23(33-27(19)25(14-15-32)26-3-2-16-34(26)28(30)31)11-6-20-7-12-24(13-8-20)35-18-21-4-9-22(29)10-5-21/h2-13,16-17H,14-15,18,32H2,1H3/b11-6+,27-25-. The van der Waals surface area contributed by atoms with E-state index in [1.165, 1.54) is 18.3 Å². The lowest BCUT2D eigenvalue weighted by Gasteiger charge is -2.12. The van der Waals surface area contributed by atoms with Crippen molar-refractivity contribution in [1.29, 1.82) is 0 Å². The molecule has 0 spiro atoms. The molecular formula is C27H25BF3N3O. The molecular weight excluding hydrogens is 450 g/mol. The number of halogens is 3. The summed E-state index contributed by atoms with van der Waals surface area (Å²) >= 11 is 0. The molecule has 0 unspecified atom stereocenters. The number of aliphatic imine (C=N–C) groups is 1. The monoisotopic (exact) mass is 475 g/mol. The van der Waals surface area contributed by atoms with Crippen LogP contribution in [-0.2, 0) is 6.61 Å². The summed E-state index contributed by atoms with van der Waals surface area (Å²) in [6.07, 6.45) is 7.55. The van der Waals surface area contributed by atoms with Gasteiger partial charge in [-0.2, -0.15) is 0 Å². The molecule has 1 aromatic heterocycles. The zero-order chi connectivity index (χ0) is 24.8. The number of rotatable bonds is 9. The number of hydrogen-bond acceptors (Lipinski definition) is 3. The largest absolute Gasteiger partial charge is 0.677 e. The molecule has 0 amide bonds. The molecule has 0 saturated carbocycles. The van der Waals surface area contributed by atoms with Crippen LogP contribution in [0.25, 0.3) is 11.6 Å². The lowest BCUT2D eigenvalue weighted by molar-refractivity contribution is 0.306. The molecule has 178 valence electrons. The second kappa shape index (κ2) is 11.1. The Hall–Kier alpha value is -3.78. The van der Waals surface area contributed by atoms with Crippen LogP contribution in [0.15, 0.2) is 95.3 Å². The summed E-state index contributed by atoms with van der Waals surface area (Å²) in [5, 5.41) is 0. The van der Waals surface area contributed by atoms with Gasteiger partial charge < -0.3 is 14.9 Å². The SMILES string of the molecule is CC1=CC(/C=C/c2ccc(OCc3ccc(F)cc3)cc2)=NC/1=C(/CCN)c1cccn1B(F)F. The summed E-state index contributed by atoms with van der Waals surface area (Å²) in [5.41, 5.74) is 11.1. The highest BCUT2D eigenvalue weighted by Gasteiger charge is 2.24. The van der Waals surface area contributed by atoms with Crippen molar-refractivity contribution in [2.24, 2.45) is 10.7 Å². The van der Waals surface area contributed by atoms with Gasteiger partial charge in [0.1, 0.15) is 18.2 Å². The molecule has 0 atom stereocenters. The summed E-state index contributed by atoms with van der Waals surface area (Å²) in [4.78, 5) is 4.70. The van der Waals surface area contributed by atoms with Gasteiger partial charge in [0.25, 0.3) is 0 Å². The molecule has 0 radical (unpaired) electrons. The van der Waals surface area contributed by atoms with E-state index in [1.54, 1.807) is 24.3 Å². The molecule has 1 aliphatic rings. The fourth-order valence-electron chi connectivity index (χ4n) is 3.87. The van der Waals surface area contributed by atoms with Gasteiger partial charge in [-0.1, -0.05) is 30.3 Å². The minimum Gasteiger partial charge on any atom is -0.489 e. The van der Waals surface area contributed by atoms with E-state index in [9.17, 15) is 13.0 Å². The van der Waals surface area contributed by atoms with Crippen LogP contribution < -0.4 is 10.5 Å². The van der Waals surface area contributed by atoms with Gasteiger partial charge >= 0.3 is 7.40 Å². The first-order valence-corrected chi connectivity index (χ1v) is 11.3. The molecule has 4 nitrogen and oxygen atoms in total. The Labute approximate surface area is 203 Å². The Morgan fingerprint density at radius 1 is 1.06 bits per heavy atom. The Kier molecular flexibility index (Phi) is 7.72. The fraction of sp³-hybridized carbons (Fsp3) is 0.148. The number of hydrogen-bond donors (Lipinski definition) is 1. The first-order valence-electron chi connectivity index (χ1n) is 11.3. The summed E-state index contributed by atoms with van der Waals surface area (Å²) < 4.78 is 46.6. The second-order valence-electron chi connectivity index (χ2n) is 8.13. The molecule has 0 fully saturated rings. The Bertz CT molecular complexity index is 1290. The lowest BCUT2D eigenvalue weighted by Crippen LogP contribution is -2.16. The van der Waals surface area contributed by atoms with Crippen LogP contribution in [-0.4, -0.2) is 24.1 Å². The molecule has 8 heteroatoms. The van der Waals surface area contributed by atoms with Crippen LogP contribution in [0.2, 0.25) is 0 Å². The van der Waals surface area contributed by atoms with Crippen LogP contribution in [0.3, 0.4) is 0 Å². The first-order chi connectivity index (χ1) is 16.9. The summed E-state index contributed by atoms with van der Waals surface area (Å²) in [5.74, 6) is 0.432. The van der Waals surface area contributed by atoms with Crippen LogP contribution in [0, 0.1) is 5.82 Å². The number of allylic oxidation sites excluding steroid dienone is 3. The second-order valence-corrected chi connectivity index (χ2v) is 8.13. The van der Waals surface area contributed by atoms with Gasteiger partial charge in [0.2, 0.25) is 0 Å². The highest BCUT2D eigenvalue weighted by molar-refractivity contribution is 6.41. The van der Waals surface area contributed by atoms with Crippen molar-refractivity contribution in [3.63, 3.8) is 0 Å². The van der Waals surface area contributed by atoms with Crippen molar-refractivity contribution >= 4 is 24.8 Å². The smallest absolute Gasteiger partial charge is 0.489 e. The van der Waals surface area contributed by atoms with Crippen molar-refractivity contribution < 1.29 is 17.8 Å². The van der Waals surface area contributed by atoms with E-state index >= 15 is 0 Å². The van der Waals surface area contributed by atoms with E-state index in [0.717, 1.165) is 26.9 Å². The van der Waals surface area contributed by atoms with Crippen molar-refractivity contribution in [3.8, 4) is 5.75 Å². The Balaban J connectivity index is 1.48. The first kappa shape index (κ1) is 24.4. The van der Waals surface area contributed by atoms with Gasteiger partial charge in [0, 0.05) is 11.3 Å². The number of ether oxygens (including phenoxy) is 1. The topological polar surface area (TPSA) is 52.5 Å². The molecule has 3 aromatic rings. The summed E-state index contributed by atoms with van der Waals surface area (Å²) in [6.45, 7) is 2.60. The highest BCUT2D eigenvalue weighted by Crippen LogP contribution is 2.31. The van der Waals surface area contributed by atoms with Crippen LogP contribution in [0.5, 0.6) is 5.75 Å². The van der Waals surface area contributed by atoms with Crippen molar-refractivity contribution in [1.82, 2.24) is 4.48 Å². The third-order valence-corrected chi connectivity index (χ3v) is 5.60. The Morgan fingerprint density at radius 2 is 1.80 bits per heavy atom. The number of nitrogens with zero attached hydrogens (tertiary/aromatic N) is 2. The quantitative estimate of drug-likeness (QED) is 0.378. The van der Waals surface area contributed by atoms with Crippen LogP contribution in [0.1, 0.15) is 30.2 Å². The minimum atomic E-state index is -2.63. The zero-order valence-electron chi connectivity index (χ0n) is 19.3. The maximum atomic E-state index is 13.4. The molecule has 0 saturated heterocycles. The lowest BCUT2D eigenvalue weighted by atomic mass is 10.0. The number of aromatic nitrogens is 1. The number of benzene rings is 2. The van der Waals surface area contributed by atoms with Gasteiger partial charge in [-0.25, -0.2) is 9.38 Å². The fourth-order valence-corrected chi connectivity index (χ4v) is 3.87. The van der Waals surface area contributed by atoms with E-state index in [2.05, 4.69) is 0 Å². The molecule has 1 aliphatic heterocycles. The zero-order valence-corrected chi connectivity index (χ0v) is 19.3. The minimum absolute atomic E-state index is 0.275. The van der Waals surface area contributed by atoms with Crippen molar-refractivity contribution in [2.45, 2.75) is 20.0 Å². The van der Waals surface area contributed by atoms with E-state index in [4.69, 9.17) is 15.5 Å².